The number of hydrogen-bond acceptors (Lipinski definition) is 4. The number of carbonyl (C=O) groups excluding carboxylic acids is 1. The summed E-state index contributed by atoms with van der Waals surface area (Å²) in [5, 5.41) is 2.67. The van der Waals surface area contributed by atoms with Crippen molar-refractivity contribution in [3.63, 3.8) is 0 Å². The highest BCUT2D eigenvalue weighted by Gasteiger charge is 2.16. The molecule has 0 heterocycles. The van der Waals surface area contributed by atoms with Gasteiger partial charge in [0.15, 0.2) is 9.84 Å². The van der Waals surface area contributed by atoms with Gasteiger partial charge in [-0.1, -0.05) is 11.6 Å². The van der Waals surface area contributed by atoms with E-state index in [1.165, 1.54) is 0 Å². The van der Waals surface area contributed by atoms with Crippen molar-refractivity contribution in [2.24, 2.45) is 0 Å². The number of carbonyl (C=O) groups is 1. The first-order chi connectivity index (χ1) is 9.22. The SMILES string of the molecule is CC(C)S(=O)(=O)CCCC(=O)Nc1cc(Cl)ccc1N. The first kappa shape index (κ1) is 16.8. The van der Waals surface area contributed by atoms with Gasteiger partial charge in [0, 0.05) is 11.4 Å². The Balaban J connectivity index is 2.51. The van der Waals surface area contributed by atoms with Crippen LogP contribution in [-0.4, -0.2) is 25.3 Å². The Morgan fingerprint density at radius 1 is 1.40 bits per heavy atom. The third-order valence-electron chi connectivity index (χ3n) is 2.84. The van der Waals surface area contributed by atoms with Crippen molar-refractivity contribution >= 4 is 38.7 Å². The molecule has 1 rings (SSSR count). The van der Waals surface area contributed by atoms with Gasteiger partial charge in [0.05, 0.1) is 22.4 Å². The standard InChI is InChI=1S/C13H19ClN2O3S/c1-9(2)20(18,19)7-3-4-13(17)16-12-8-10(14)5-6-11(12)15/h5-6,8-9H,3-4,7,15H2,1-2H3,(H,16,17). The minimum Gasteiger partial charge on any atom is -0.397 e. The average Bonchev–Trinajstić information content (AvgIpc) is 2.33. The first-order valence-corrected chi connectivity index (χ1v) is 8.38. The summed E-state index contributed by atoms with van der Waals surface area (Å²) < 4.78 is 23.2. The quantitative estimate of drug-likeness (QED) is 0.788. The molecule has 3 N–H and O–H groups in total. The fourth-order valence-corrected chi connectivity index (χ4v) is 2.71. The maximum absolute atomic E-state index is 11.7. The van der Waals surface area contributed by atoms with E-state index in [1.54, 1.807) is 32.0 Å². The van der Waals surface area contributed by atoms with Crippen LogP contribution in [0.4, 0.5) is 11.4 Å². The first-order valence-electron chi connectivity index (χ1n) is 6.29. The molecule has 0 aliphatic heterocycles. The Hall–Kier alpha value is -1.27. The van der Waals surface area contributed by atoms with Gasteiger partial charge < -0.3 is 11.1 Å². The third-order valence-corrected chi connectivity index (χ3v) is 5.37. The maximum Gasteiger partial charge on any atom is 0.224 e. The van der Waals surface area contributed by atoms with E-state index >= 15 is 0 Å². The third kappa shape index (κ3) is 5.02. The number of anilines is 2. The molecule has 0 radical (unpaired) electrons. The molecule has 0 unspecified atom stereocenters. The monoisotopic (exact) mass is 318 g/mol. The second kappa shape index (κ2) is 6.95. The van der Waals surface area contributed by atoms with E-state index in [1.807, 2.05) is 0 Å². The molecule has 0 saturated carbocycles. The molecule has 7 heteroatoms. The van der Waals surface area contributed by atoms with Gasteiger partial charge in [-0.15, -0.1) is 0 Å². The zero-order valence-corrected chi connectivity index (χ0v) is 13.1. The van der Waals surface area contributed by atoms with Gasteiger partial charge in [-0.3, -0.25) is 4.79 Å². The van der Waals surface area contributed by atoms with E-state index in [0.29, 0.717) is 16.4 Å². The normalized spacial score (nSPS) is 11.6. The van der Waals surface area contributed by atoms with Crippen molar-refractivity contribution in [3.05, 3.63) is 23.2 Å². The molecule has 0 aromatic heterocycles. The lowest BCUT2D eigenvalue weighted by Crippen LogP contribution is -2.20. The minimum atomic E-state index is -3.11. The van der Waals surface area contributed by atoms with E-state index in [4.69, 9.17) is 17.3 Å². The van der Waals surface area contributed by atoms with Crippen LogP contribution in [0, 0.1) is 0 Å². The fraction of sp³-hybridized carbons (Fsp3) is 0.462. The molecule has 0 bridgehead atoms. The van der Waals surface area contributed by atoms with Gasteiger partial charge >= 0.3 is 0 Å². The number of hydrogen-bond donors (Lipinski definition) is 2. The summed E-state index contributed by atoms with van der Waals surface area (Å²) in [5.74, 6) is -0.277. The van der Waals surface area contributed by atoms with Crippen molar-refractivity contribution in [1.82, 2.24) is 0 Å². The van der Waals surface area contributed by atoms with Crippen molar-refractivity contribution in [2.45, 2.75) is 31.9 Å². The summed E-state index contributed by atoms with van der Waals surface area (Å²) in [6.45, 7) is 3.25. The topological polar surface area (TPSA) is 89.3 Å². The second-order valence-corrected chi connectivity index (χ2v) is 7.91. The molecule has 1 aromatic rings. The molecular formula is C13H19ClN2O3S. The van der Waals surface area contributed by atoms with Crippen molar-refractivity contribution < 1.29 is 13.2 Å². The number of halogens is 1. The summed E-state index contributed by atoms with van der Waals surface area (Å²) in [6, 6.07) is 4.78. The molecule has 20 heavy (non-hydrogen) atoms. The van der Waals surface area contributed by atoms with Crippen LogP contribution in [0.25, 0.3) is 0 Å². The Morgan fingerprint density at radius 2 is 2.05 bits per heavy atom. The maximum atomic E-state index is 11.7. The molecular weight excluding hydrogens is 300 g/mol. The molecule has 112 valence electrons. The molecule has 1 aromatic carbocycles. The summed E-state index contributed by atoms with van der Waals surface area (Å²) in [6.07, 6.45) is 0.407. The number of nitrogen functional groups attached to an aromatic ring is 1. The summed E-state index contributed by atoms with van der Waals surface area (Å²) >= 11 is 5.81. The van der Waals surface area contributed by atoms with Crippen LogP contribution in [0.15, 0.2) is 18.2 Å². The van der Waals surface area contributed by atoms with Gasteiger partial charge in [-0.2, -0.15) is 0 Å². The smallest absolute Gasteiger partial charge is 0.224 e. The molecule has 0 aliphatic carbocycles. The number of rotatable bonds is 6. The van der Waals surface area contributed by atoms with Crippen LogP contribution in [-0.2, 0) is 14.6 Å². The van der Waals surface area contributed by atoms with Gasteiger partial charge in [0.2, 0.25) is 5.91 Å². The van der Waals surface area contributed by atoms with Crippen LogP contribution in [0.3, 0.4) is 0 Å². The Bertz CT molecular complexity index is 585. The zero-order valence-electron chi connectivity index (χ0n) is 11.5. The lowest BCUT2D eigenvalue weighted by molar-refractivity contribution is -0.116. The van der Waals surface area contributed by atoms with E-state index in [2.05, 4.69) is 5.32 Å². The van der Waals surface area contributed by atoms with Crippen LogP contribution < -0.4 is 11.1 Å². The van der Waals surface area contributed by atoms with Crippen LogP contribution >= 0.6 is 11.6 Å². The van der Waals surface area contributed by atoms with E-state index in [9.17, 15) is 13.2 Å². The van der Waals surface area contributed by atoms with Crippen molar-refractivity contribution in [3.8, 4) is 0 Å². The summed E-state index contributed by atoms with van der Waals surface area (Å²) in [5.41, 5.74) is 6.56. The van der Waals surface area contributed by atoms with Gasteiger partial charge in [-0.25, -0.2) is 8.42 Å². The molecule has 0 spiro atoms. The highest BCUT2D eigenvalue weighted by Crippen LogP contribution is 2.23. The fourth-order valence-electron chi connectivity index (χ4n) is 1.52. The lowest BCUT2D eigenvalue weighted by atomic mass is 10.2. The van der Waals surface area contributed by atoms with Gasteiger partial charge in [-0.05, 0) is 38.5 Å². The number of nitrogens with one attached hydrogen (secondary N) is 1. The zero-order chi connectivity index (χ0) is 15.3. The van der Waals surface area contributed by atoms with Crippen molar-refractivity contribution in [1.29, 1.82) is 0 Å². The van der Waals surface area contributed by atoms with E-state index < -0.39 is 15.1 Å². The highest BCUT2D eigenvalue weighted by atomic mass is 35.5. The van der Waals surface area contributed by atoms with Gasteiger partial charge in [0.1, 0.15) is 0 Å². The summed E-state index contributed by atoms with van der Waals surface area (Å²) in [7, 11) is -3.11. The molecule has 0 fully saturated rings. The van der Waals surface area contributed by atoms with E-state index in [0.717, 1.165) is 0 Å². The number of amides is 1. The highest BCUT2D eigenvalue weighted by molar-refractivity contribution is 7.91. The van der Waals surface area contributed by atoms with Crippen LogP contribution in [0.5, 0.6) is 0 Å². The minimum absolute atomic E-state index is 0.00309. The van der Waals surface area contributed by atoms with Crippen LogP contribution in [0.2, 0.25) is 5.02 Å². The Kier molecular flexibility index (Phi) is 5.83. The van der Waals surface area contributed by atoms with Gasteiger partial charge in [0.25, 0.3) is 0 Å². The predicted octanol–water partition coefficient (Wildman–Crippen LogP) is 2.46. The second-order valence-electron chi connectivity index (χ2n) is 4.80. The molecule has 5 nitrogen and oxygen atoms in total. The Labute approximate surface area is 124 Å². The Morgan fingerprint density at radius 3 is 2.65 bits per heavy atom. The summed E-state index contributed by atoms with van der Waals surface area (Å²) in [4.78, 5) is 11.7. The molecule has 0 atom stereocenters. The number of sulfone groups is 1. The average molecular weight is 319 g/mol. The van der Waals surface area contributed by atoms with Crippen molar-refractivity contribution in [2.75, 3.05) is 16.8 Å². The number of nitrogens with two attached hydrogens (primary N) is 1. The van der Waals surface area contributed by atoms with Crippen LogP contribution in [0.1, 0.15) is 26.7 Å². The largest absolute Gasteiger partial charge is 0.397 e. The lowest BCUT2D eigenvalue weighted by Gasteiger charge is -2.09. The predicted molar refractivity (Wildman–Crippen MR) is 82.7 cm³/mol. The number of benzene rings is 1. The van der Waals surface area contributed by atoms with E-state index in [-0.39, 0.29) is 24.5 Å². The molecule has 0 aliphatic rings. The molecule has 1 amide bonds. The molecule has 0 saturated heterocycles.